The van der Waals surface area contributed by atoms with Crippen molar-refractivity contribution in [2.75, 3.05) is 13.1 Å². The summed E-state index contributed by atoms with van der Waals surface area (Å²) in [5.41, 5.74) is 13.7. The number of carbonyl (C=O) groups excluding carboxylic acids is 1. The SMILES string of the molecule is C=Cc1cc(C#CC2CCN(Cc3c(C)cc(C(=C/NC=O)/C(/C=C(\C)C4CC4)=C(\C)CC)cc3C)CC2)ccc1/C=C/CC. The van der Waals surface area contributed by atoms with E-state index in [2.05, 4.69) is 119 Å². The van der Waals surface area contributed by atoms with E-state index in [1.165, 1.54) is 51.8 Å². The van der Waals surface area contributed by atoms with Gasteiger partial charge >= 0.3 is 0 Å². The van der Waals surface area contributed by atoms with Crippen LogP contribution in [0.15, 0.2) is 72.0 Å². The number of carbonyl (C=O) groups is 1. The molecular formula is C42H52N2O. The normalized spacial score (nSPS) is 17.1. The van der Waals surface area contributed by atoms with Crippen LogP contribution in [0.5, 0.6) is 0 Å². The van der Waals surface area contributed by atoms with Gasteiger partial charge in [-0.05, 0) is 136 Å². The van der Waals surface area contributed by atoms with Crippen LogP contribution in [0.25, 0.3) is 17.7 Å². The summed E-state index contributed by atoms with van der Waals surface area (Å²) in [6.45, 7) is 20.3. The van der Waals surface area contributed by atoms with E-state index in [-0.39, 0.29) is 0 Å². The maximum atomic E-state index is 11.4. The fourth-order valence-electron chi connectivity index (χ4n) is 6.21. The van der Waals surface area contributed by atoms with Crippen LogP contribution in [0.3, 0.4) is 0 Å². The quantitative estimate of drug-likeness (QED) is 0.149. The zero-order valence-electron chi connectivity index (χ0n) is 28.4. The molecule has 1 saturated heterocycles. The molecule has 0 bridgehead atoms. The fourth-order valence-corrected chi connectivity index (χ4v) is 6.21. The Hall–Kier alpha value is -3.87. The molecule has 2 aromatic carbocycles. The number of rotatable bonds is 12. The average molecular weight is 601 g/mol. The van der Waals surface area contributed by atoms with E-state index in [4.69, 9.17) is 0 Å². The first-order chi connectivity index (χ1) is 21.8. The Balaban J connectivity index is 1.46. The second-order valence-corrected chi connectivity index (χ2v) is 12.8. The van der Waals surface area contributed by atoms with Gasteiger partial charge < -0.3 is 5.32 Å². The van der Waals surface area contributed by atoms with Crippen LogP contribution in [0.1, 0.15) is 105 Å². The zero-order valence-corrected chi connectivity index (χ0v) is 28.4. The largest absolute Gasteiger partial charge is 0.335 e. The fraction of sp³-hybridized carbons (Fsp3) is 0.405. The van der Waals surface area contributed by atoms with Gasteiger partial charge in [0.05, 0.1) is 0 Å². The third-order valence-corrected chi connectivity index (χ3v) is 9.41. The van der Waals surface area contributed by atoms with Crippen molar-refractivity contribution in [3.8, 4) is 11.8 Å². The molecular weight excluding hydrogens is 548 g/mol. The highest BCUT2D eigenvalue weighted by Crippen LogP contribution is 2.39. The van der Waals surface area contributed by atoms with Crippen molar-refractivity contribution in [1.82, 2.24) is 10.2 Å². The summed E-state index contributed by atoms with van der Waals surface area (Å²) in [4.78, 5) is 13.9. The minimum atomic E-state index is 0.426. The molecule has 2 aromatic rings. The molecule has 236 valence electrons. The Morgan fingerprint density at radius 3 is 2.33 bits per heavy atom. The van der Waals surface area contributed by atoms with Gasteiger partial charge in [-0.3, -0.25) is 9.69 Å². The molecule has 3 heteroatoms. The Morgan fingerprint density at radius 1 is 1.02 bits per heavy atom. The molecule has 4 rings (SSSR count). The van der Waals surface area contributed by atoms with Gasteiger partial charge in [-0.1, -0.05) is 85.9 Å². The molecule has 1 heterocycles. The highest BCUT2D eigenvalue weighted by Gasteiger charge is 2.24. The smallest absolute Gasteiger partial charge is 0.211 e. The summed E-state index contributed by atoms with van der Waals surface area (Å²) < 4.78 is 0. The summed E-state index contributed by atoms with van der Waals surface area (Å²) in [6, 6.07) is 11.0. The molecule has 1 aliphatic heterocycles. The van der Waals surface area contributed by atoms with Crippen molar-refractivity contribution in [3.05, 3.63) is 111 Å². The third-order valence-electron chi connectivity index (χ3n) is 9.41. The lowest BCUT2D eigenvalue weighted by Crippen LogP contribution is -2.33. The Kier molecular flexibility index (Phi) is 12.4. The highest BCUT2D eigenvalue weighted by molar-refractivity contribution is 5.84. The number of amides is 1. The number of likely N-dealkylation sites (tertiary alicyclic amines) is 1. The Bertz CT molecular complexity index is 1540. The maximum Gasteiger partial charge on any atom is 0.211 e. The molecule has 0 spiro atoms. The molecule has 3 nitrogen and oxygen atoms in total. The number of nitrogens with zero attached hydrogens (tertiary/aromatic N) is 1. The van der Waals surface area contributed by atoms with Gasteiger partial charge in [-0.2, -0.15) is 0 Å². The summed E-state index contributed by atoms with van der Waals surface area (Å²) in [5.74, 6) is 8.15. The lowest BCUT2D eigenvalue weighted by atomic mass is 9.88. The Labute approximate surface area is 272 Å². The lowest BCUT2D eigenvalue weighted by Gasteiger charge is -2.31. The van der Waals surface area contributed by atoms with Crippen LogP contribution in [0, 0.1) is 37.5 Å². The average Bonchev–Trinajstić information content (AvgIpc) is 3.90. The first-order valence-corrected chi connectivity index (χ1v) is 16.8. The topological polar surface area (TPSA) is 32.3 Å². The van der Waals surface area contributed by atoms with E-state index in [0.717, 1.165) is 74.0 Å². The number of nitrogens with one attached hydrogen (secondary N) is 1. The minimum Gasteiger partial charge on any atom is -0.335 e. The van der Waals surface area contributed by atoms with E-state index >= 15 is 0 Å². The minimum absolute atomic E-state index is 0.426. The summed E-state index contributed by atoms with van der Waals surface area (Å²) in [5, 5.41) is 2.85. The molecule has 1 amide bonds. The van der Waals surface area contributed by atoms with Crippen molar-refractivity contribution in [1.29, 1.82) is 0 Å². The zero-order chi connectivity index (χ0) is 32.3. The molecule has 1 aliphatic carbocycles. The second kappa shape index (κ2) is 16.4. The first-order valence-electron chi connectivity index (χ1n) is 16.8. The number of piperidine rings is 1. The number of hydrogen-bond donors (Lipinski definition) is 1. The van der Waals surface area contributed by atoms with Gasteiger partial charge in [0.2, 0.25) is 6.41 Å². The van der Waals surface area contributed by atoms with E-state index < -0.39 is 0 Å². The molecule has 45 heavy (non-hydrogen) atoms. The lowest BCUT2D eigenvalue weighted by molar-refractivity contribution is -0.108. The molecule has 0 atom stereocenters. The predicted octanol–water partition coefficient (Wildman–Crippen LogP) is 9.80. The van der Waals surface area contributed by atoms with Crippen molar-refractivity contribution in [3.63, 3.8) is 0 Å². The van der Waals surface area contributed by atoms with E-state index in [1.54, 1.807) is 0 Å². The van der Waals surface area contributed by atoms with Gasteiger partial charge in [-0.25, -0.2) is 0 Å². The second-order valence-electron chi connectivity index (χ2n) is 12.8. The van der Waals surface area contributed by atoms with Crippen LogP contribution >= 0.6 is 0 Å². The van der Waals surface area contributed by atoms with Gasteiger partial charge in [0.15, 0.2) is 0 Å². The molecule has 2 fully saturated rings. The standard InChI is InChI=1S/C42H52N2O/c1-8-11-12-38-16-15-35(26-36(38)10-3)14-13-34-19-21-44(22-20-34)28-42-32(6)23-39(24-33(42)7)41(27-43-29-45)40(30(4)9-2)25-31(5)37-17-18-37/h10-12,15-16,23-27,29,34,37H,3,8-9,17-22,28H2,1-2,4-7H3,(H,43,45)/b12-11+,31-25+,40-30+,41-27-. The van der Waals surface area contributed by atoms with Crippen LogP contribution < -0.4 is 5.32 Å². The monoisotopic (exact) mass is 600 g/mol. The number of allylic oxidation sites excluding steroid dienone is 6. The van der Waals surface area contributed by atoms with Crippen LogP contribution in [-0.2, 0) is 11.3 Å². The predicted molar refractivity (Wildman–Crippen MR) is 193 cm³/mol. The Morgan fingerprint density at radius 2 is 1.73 bits per heavy atom. The van der Waals surface area contributed by atoms with Crippen molar-refractivity contribution in [2.45, 2.75) is 86.6 Å². The first kappa shape index (κ1) is 34.0. The molecule has 0 unspecified atom stereocenters. The van der Waals surface area contributed by atoms with Gasteiger partial charge in [-0.15, -0.1) is 0 Å². The molecule has 2 aliphatic rings. The number of hydrogen-bond acceptors (Lipinski definition) is 2. The molecule has 1 N–H and O–H groups in total. The molecule has 0 aromatic heterocycles. The van der Waals surface area contributed by atoms with E-state index in [0.29, 0.717) is 11.8 Å². The summed E-state index contributed by atoms with van der Waals surface area (Å²) in [7, 11) is 0. The third kappa shape index (κ3) is 9.32. The van der Waals surface area contributed by atoms with Gasteiger partial charge in [0, 0.05) is 29.8 Å². The van der Waals surface area contributed by atoms with Gasteiger partial charge in [0.1, 0.15) is 0 Å². The molecule has 1 saturated carbocycles. The molecule has 0 radical (unpaired) electrons. The number of aryl methyl sites for hydroxylation is 2. The van der Waals surface area contributed by atoms with Crippen LogP contribution in [0.4, 0.5) is 0 Å². The van der Waals surface area contributed by atoms with Crippen molar-refractivity contribution < 1.29 is 4.79 Å². The highest BCUT2D eigenvalue weighted by atomic mass is 16.1. The van der Waals surface area contributed by atoms with Crippen LogP contribution in [-0.4, -0.2) is 24.4 Å². The number of benzene rings is 2. The summed E-state index contributed by atoms with van der Waals surface area (Å²) >= 11 is 0. The van der Waals surface area contributed by atoms with E-state index in [1.807, 2.05) is 12.3 Å². The van der Waals surface area contributed by atoms with Crippen molar-refractivity contribution in [2.24, 2.45) is 11.8 Å². The summed E-state index contributed by atoms with van der Waals surface area (Å²) in [6.07, 6.45) is 18.0. The van der Waals surface area contributed by atoms with Crippen molar-refractivity contribution >= 4 is 24.1 Å². The van der Waals surface area contributed by atoms with E-state index in [9.17, 15) is 4.79 Å². The maximum absolute atomic E-state index is 11.4. The van der Waals surface area contributed by atoms with Gasteiger partial charge in [0.25, 0.3) is 0 Å². The van der Waals surface area contributed by atoms with Crippen LogP contribution in [0.2, 0.25) is 0 Å².